The van der Waals surface area contributed by atoms with Crippen molar-refractivity contribution in [3.63, 3.8) is 0 Å². The van der Waals surface area contributed by atoms with Gasteiger partial charge >= 0.3 is 0 Å². The van der Waals surface area contributed by atoms with Gasteiger partial charge in [-0.25, -0.2) is 4.39 Å². The number of allylic oxidation sites excluding steroid dienone is 1. The summed E-state index contributed by atoms with van der Waals surface area (Å²) >= 11 is 9.53. The molecule has 6 heteroatoms. The predicted octanol–water partition coefficient (Wildman–Crippen LogP) is 6.75. The molecular formula is C23H15BrClFO3. The van der Waals surface area contributed by atoms with Crippen molar-refractivity contribution in [1.29, 1.82) is 0 Å². The lowest BCUT2D eigenvalue weighted by molar-refractivity contribution is 0.101. The van der Waals surface area contributed by atoms with E-state index in [1.807, 2.05) is 31.2 Å². The fourth-order valence-corrected chi connectivity index (χ4v) is 3.67. The topological polar surface area (TPSA) is 35.5 Å². The van der Waals surface area contributed by atoms with Crippen molar-refractivity contribution in [3.8, 4) is 11.5 Å². The second kappa shape index (κ2) is 8.01. The molecule has 0 spiro atoms. The number of benzene rings is 3. The minimum absolute atomic E-state index is 0.173. The number of hydrogen-bond acceptors (Lipinski definition) is 3. The van der Waals surface area contributed by atoms with Gasteiger partial charge in [0, 0.05) is 15.6 Å². The average molecular weight is 474 g/mol. The molecule has 0 aliphatic carbocycles. The molecule has 0 atom stereocenters. The number of hydrogen-bond donors (Lipinski definition) is 0. The van der Waals surface area contributed by atoms with Gasteiger partial charge in [0.15, 0.2) is 5.76 Å². The number of fused-ring (bicyclic) bond motifs is 1. The molecular weight excluding hydrogens is 459 g/mol. The first kappa shape index (κ1) is 19.7. The lowest BCUT2D eigenvalue weighted by atomic mass is 10.1. The largest absolute Gasteiger partial charge is 0.488 e. The maximum atomic E-state index is 13.2. The van der Waals surface area contributed by atoms with Gasteiger partial charge in [0.1, 0.15) is 23.9 Å². The molecule has 0 bridgehead atoms. The zero-order valence-corrected chi connectivity index (χ0v) is 17.7. The first-order chi connectivity index (χ1) is 13.9. The van der Waals surface area contributed by atoms with Gasteiger partial charge < -0.3 is 9.47 Å². The van der Waals surface area contributed by atoms with Crippen LogP contribution < -0.4 is 9.47 Å². The number of carbonyl (C=O) groups is 1. The van der Waals surface area contributed by atoms with E-state index < -0.39 is 5.82 Å². The first-order valence-corrected chi connectivity index (χ1v) is 10.0. The summed E-state index contributed by atoms with van der Waals surface area (Å²) in [5, 5.41) is 0.300. The summed E-state index contributed by atoms with van der Waals surface area (Å²) in [5.41, 5.74) is 2.72. The van der Waals surface area contributed by atoms with E-state index in [1.54, 1.807) is 24.3 Å². The Kier molecular flexibility index (Phi) is 5.43. The zero-order chi connectivity index (χ0) is 20.5. The van der Waals surface area contributed by atoms with Gasteiger partial charge in [-0.15, -0.1) is 0 Å². The smallest absolute Gasteiger partial charge is 0.231 e. The number of ketones is 1. The van der Waals surface area contributed by atoms with E-state index in [-0.39, 0.29) is 18.1 Å². The summed E-state index contributed by atoms with van der Waals surface area (Å²) in [6.07, 6.45) is 1.71. The van der Waals surface area contributed by atoms with Crippen LogP contribution in [-0.4, -0.2) is 5.78 Å². The second-order valence-corrected chi connectivity index (χ2v) is 7.81. The van der Waals surface area contributed by atoms with Crippen molar-refractivity contribution in [2.75, 3.05) is 0 Å². The normalized spacial score (nSPS) is 14.1. The number of rotatable bonds is 4. The minimum Gasteiger partial charge on any atom is -0.488 e. The van der Waals surface area contributed by atoms with E-state index in [0.717, 1.165) is 10.0 Å². The van der Waals surface area contributed by atoms with E-state index >= 15 is 0 Å². The van der Waals surface area contributed by atoms with E-state index in [0.29, 0.717) is 33.2 Å². The van der Waals surface area contributed by atoms with Crippen molar-refractivity contribution in [3.05, 3.63) is 97.9 Å². The highest BCUT2D eigenvalue weighted by Gasteiger charge is 2.30. The highest BCUT2D eigenvalue weighted by atomic mass is 79.9. The van der Waals surface area contributed by atoms with Crippen LogP contribution in [0.3, 0.4) is 0 Å². The molecule has 0 N–H and O–H groups in total. The summed E-state index contributed by atoms with van der Waals surface area (Å²) in [7, 11) is 0. The van der Waals surface area contributed by atoms with Crippen LogP contribution in [0.5, 0.6) is 11.5 Å². The first-order valence-electron chi connectivity index (χ1n) is 8.83. The molecule has 3 nitrogen and oxygen atoms in total. The third kappa shape index (κ3) is 3.93. The molecule has 146 valence electrons. The molecule has 1 aliphatic rings. The number of ether oxygens (including phenoxy) is 2. The van der Waals surface area contributed by atoms with Crippen LogP contribution in [0.2, 0.25) is 5.02 Å². The van der Waals surface area contributed by atoms with Crippen molar-refractivity contribution >= 4 is 39.4 Å². The molecule has 3 aromatic carbocycles. The van der Waals surface area contributed by atoms with Gasteiger partial charge in [-0.3, -0.25) is 4.79 Å². The summed E-state index contributed by atoms with van der Waals surface area (Å²) in [5.74, 6) is 0.736. The van der Waals surface area contributed by atoms with Gasteiger partial charge in [-0.05, 0) is 48.9 Å². The Morgan fingerprint density at radius 1 is 1.17 bits per heavy atom. The fourth-order valence-electron chi connectivity index (χ4n) is 3.05. The number of carbonyl (C=O) groups excluding carboxylic acids is 1. The molecule has 1 aliphatic heterocycles. The monoisotopic (exact) mass is 472 g/mol. The van der Waals surface area contributed by atoms with E-state index in [2.05, 4.69) is 15.9 Å². The average Bonchev–Trinajstić information content (AvgIpc) is 3.01. The Labute approximate surface area is 180 Å². The molecule has 3 aromatic rings. The fraction of sp³-hybridized carbons (Fsp3) is 0.0870. The highest BCUT2D eigenvalue weighted by Crippen LogP contribution is 2.40. The molecule has 0 amide bonds. The third-order valence-electron chi connectivity index (χ3n) is 4.63. The standard InChI is InChI=1S/C23H15BrClFO3/c1-13-20(28-12-15-6-7-16(26)11-19(15)25)9-8-17-22(27)21(29-23(13)17)10-14-4-2-3-5-18(14)24/h2-11H,12H2,1H3/b21-10-. The van der Waals surface area contributed by atoms with Crippen LogP contribution in [0.4, 0.5) is 4.39 Å². The van der Waals surface area contributed by atoms with Crippen LogP contribution in [0, 0.1) is 12.7 Å². The summed E-state index contributed by atoms with van der Waals surface area (Å²) in [6, 6.07) is 15.2. The van der Waals surface area contributed by atoms with Crippen LogP contribution in [0.15, 0.2) is 64.8 Å². The molecule has 0 unspecified atom stereocenters. The van der Waals surface area contributed by atoms with Crippen molar-refractivity contribution in [2.45, 2.75) is 13.5 Å². The predicted molar refractivity (Wildman–Crippen MR) is 114 cm³/mol. The molecule has 0 radical (unpaired) electrons. The number of Topliss-reactive ketones (excluding diaryl/α,β-unsaturated/α-hetero) is 1. The minimum atomic E-state index is -0.399. The summed E-state index contributed by atoms with van der Waals surface area (Å²) in [4.78, 5) is 12.7. The van der Waals surface area contributed by atoms with Gasteiger partial charge in [0.2, 0.25) is 5.78 Å². The molecule has 29 heavy (non-hydrogen) atoms. The van der Waals surface area contributed by atoms with Crippen molar-refractivity contribution < 1.29 is 18.7 Å². The molecule has 0 saturated carbocycles. The quantitative estimate of drug-likeness (QED) is 0.393. The Hall–Kier alpha value is -2.63. The van der Waals surface area contributed by atoms with E-state index in [4.69, 9.17) is 21.1 Å². The van der Waals surface area contributed by atoms with Crippen LogP contribution in [0.25, 0.3) is 6.08 Å². The molecule has 0 saturated heterocycles. The van der Waals surface area contributed by atoms with Crippen LogP contribution in [-0.2, 0) is 6.61 Å². The Bertz CT molecular complexity index is 1160. The Morgan fingerprint density at radius 3 is 2.72 bits per heavy atom. The molecule has 1 heterocycles. The maximum Gasteiger partial charge on any atom is 0.231 e. The Balaban J connectivity index is 1.59. The highest BCUT2D eigenvalue weighted by molar-refractivity contribution is 9.10. The maximum absolute atomic E-state index is 13.2. The van der Waals surface area contributed by atoms with Crippen molar-refractivity contribution in [2.24, 2.45) is 0 Å². The van der Waals surface area contributed by atoms with E-state index in [9.17, 15) is 9.18 Å². The molecule has 0 fully saturated rings. The molecule has 4 rings (SSSR count). The van der Waals surface area contributed by atoms with Gasteiger partial charge in [-0.1, -0.05) is 51.8 Å². The van der Waals surface area contributed by atoms with Crippen LogP contribution in [0.1, 0.15) is 27.0 Å². The summed E-state index contributed by atoms with van der Waals surface area (Å²) in [6.45, 7) is 2.00. The van der Waals surface area contributed by atoms with E-state index in [1.165, 1.54) is 12.1 Å². The molecule has 0 aromatic heterocycles. The lowest BCUT2D eigenvalue weighted by Gasteiger charge is -2.12. The van der Waals surface area contributed by atoms with Gasteiger partial charge in [0.25, 0.3) is 0 Å². The zero-order valence-electron chi connectivity index (χ0n) is 15.3. The van der Waals surface area contributed by atoms with Gasteiger partial charge in [-0.2, -0.15) is 0 Å². The van der Waals surface area contributed by atoms with Gasteiger partial charge in [0.05, 0.1) is 10.6 Å². The Morgan fingerprint density at radius 2 is 1.97 bits per heavy atom. The second-order valence-electron chi connectivity index (χ2n) is 6.55. The SMILES string of the molecule is Cc1c(OCc2ccc(F)cc2Cl)ccc2c1O/C(=C\c1ccccc1Br)C2=O. The lowest BCUT2D eigenvalue weighted by Crippen LogP contribution is -1.99. The summed E-state index contributed by atoms with van der Waals surface area (Å²) < 4.78 is 25.8. The van der Waals surface area contributed by atoms with Crippen LogP contribution >= 0.6 is 27.5 Å². The van der Waals surface area contributed by atoms with Crippen molar-refractivity contribution in [1.82, 2.24) is 0 Å². The third-order valence-corrected chi connectivity index (χ3v) is 5.70. The number of halogens is 3.